The van der Waals surface area contributed by atoms with E-state index < -0.39 is 49.2 Å². The third-order valence-electron chi connectivity index (χ3n) is 5.85. The molecule has 1 fully saturated rings. The second-order valence-corrected chi connectivity index (χ2v) is 17.9. The lowest BCUT2D eigenvalue weighted by molar-refractivity contribution is -0.165. The van der Waals surface area contributed by atoms with Crippen LogP contribution in [0.2, 0.25) is 25.7 Å². The average molecular weight is 581 g/mol. The molecule has 0 amide bonds. The largest absolute Gasteiger partial charge is 0.497 e. The molecular formula is C29H44O10Si. The second kappa shape index (κ2) is 13.8. The summed E-state index contributed by atoms with van der Waals surface area (Å²) in [5.41, 5.74) is -0.216. The molecule has 40 heavy (non-hydrogen) atoms. The Morgan fingerprint density at radius 3 is 2.30 bits per heavy atom. The molecular weight excluding hydrogens is 536 g/mol. The van der Waals surface area contributed by atoms with E-state index in [0.717, 1.165) is 6.04 Å². The van der Waals surface area contributed by atoms with Crippen LogP contribution in [0.4, 0.5) is 0 Å². The highest BCUT2D eigenvalue weighted by Gasteiger charge is 2.45. The molecule has 1 aliphatic rings. The lowest BCUT2D eigenvalue weighted by Crippen LogP contribution is -2.36. The maximum atomic E-state index is 13.3. The van der Waals surface area contributed by atoms with E-state index in [9.17, 15) is 14.4 Å². The van der Waals surface area contributed by atoms with Gasteiger partial charge in [-0.1, -0.05) is 25.7 Å². The van der Waals surface area contributed by atoms with E-state index in [0.29, 0.717) is 11.3 Å². The number of benzene rings is 1. The highest BCUT2D eigenvalue weighted by atomic mass is 28.3. The van der Waals surface area contributed by atoms with Gasteiger partial charge in [0.25, 0.3) is 0 Å². The van der Waals surface area contributed by atoms with Gasteiger partial charge < -0.3 is 33.2 Å². The Balaban J connectivity index is 2.36. The van der Waals surface area contributed by atoms with E-state index in [1.807, 2.05) is 0 Å². The fourth-order valence-corrected chi connectivity index (χ4v) is 4.39. The molecule has 0 radical (unpaired) electrons. The van der Waals surface area contributed by atoms with Gasteiger partial charge in [0.15, 0.2) is 24.5 Å². The molecule has 11 heteroatoms. The van der Waals surface area contributed by atoms with E-state index in [-0.39, 0.29) is 31.3 Å². The van der Waals surface area contributed by atoms with Crippen molar-refractivity contribution in [3.63, 3.8) is 0 Å². The first-order valence-corrected chi connectivity index (χ1v) is 16.9. The van der Waals surface area contributed by atoms with E-state index >= 15 is 0 Å². The number of carbonyl (C=O) groups is 3. The smallest absolute Gasteiger partial charge is 0.342 e. The third-order valence-corrected chi connectivity index (χ3v) is 7.55. The summed E-state index contributed by atoms with van der Waals surface area (Å²) in [5.74, 6) is -1.89. The number of esters is 2. The van der Waals surface area contributed by atoms with Crippen LogP contribution < -0.4 is 9.47 Å². The predicted octanol–water partition coefficient (Wildman–Crippen LogP) is 4.86. The number of hydrogen-bond donors (Lipinski definition) is 0. The standard InChI is InChI=1S/C29H44O10Si/c1-28(2,3)27(32)36-17-23-25(39-29(4,5)38-23)21(30)12-11-19-15-20(34-7)16-22(37-18-33-6)24(19)26(31)35-13-14-40(8,9)10/h11-12,15-16,23,25H,13-14,17-18H2,1-10H3/t23-,25+/m1/s1. The van der Waals surface area contributed by atoms with Crippen LogP contribution in [-0.2, 0) is 33.3 Å². The molecule has 1 saturated heterocycles. The van der Waals surface area contributed by atoms with Crippen molar-refractivity contribution in [1.82, 2.24) is 0 Å². The van der Waals surface area contributed by atoms with Crippen LogP contribution in [0.1, 0.15) is 50.5 Å². The van der Waals surface area contributed by atoms with E-state index in [1.54, 1.807) is 46.8 Å². The number of methoxy groups -OCH3 is 2. The van der Waals surface area contributed by atoms with Gasteiger partial charge in [-0.3, -0.25) is 9.59 Å². The Hall–Kier alpha value is -2.73. The highest BCUT2D eigenvalue weighted by molar-refractivity contribution is 6.76. The summed E-state index contributed by atoms with van der Waals surface area (Å²) in [6.07, 6.45) is 0.935. The van der Waals surface area contributed by atoms with Crippen LogP contribution >= 0.6 is 0 Å². The van der Waals surface area contributed by atoms with Gasteiger partial charge in [-0.2, -0.15) is 0 Å². The Morgan fingerprint density at radius 1 is 1.05 bits per heavy atom. The van der Waals surface area contributed by atoms with Crippen LogP contribution in [0.25, 0.3) is 6.08 Å². The molecule has 1 aliphatic heterocycles. The van der Waals surface area contributed by atoms with Crippen LogP contribution in [0.15, 0.2) is 18.2 Å². The van der Waals surface area contributed by atoms with Gasteiger partial charge in [0.2, 0.25) is 0 Å². The van der Waals surface area contributed by atoms with Crippen molar-refractivity contribution in [2.45, 2.75) is 78.3 Å². The summed E-state index contributed by atoms with van der Waals surface area (Å²) < 4.78 is 38.8. The van der Waals surface area contributed by atoms with E-state index in [1.165, 1.54) is 26.4 Å². The molecule has 10 nitrogen and oxygen atoms in total. The normalized spacial score (nSPS) is 18.9. The predicted molar refractivity (Wildman–Crippen MR) is 152 cm³/mol. The summed E-state index contributed by atoms with van der Waals surface area (Å²) in [6.45, 7) is 15.2. The van der Waals surface area contributed by atoms with Crippen LogP contribution in [0.5, 0.6) is 11.5 Å². The minimum absolute atomic E-state index is 0.109. The van der Waals surface area contributed by atoms with Crippen LogP contribution in [0, 0.1) is 5.41 Å². The van der Waals surface area contributed by atoms with Crippen LogP contribution in [-0.4, -0.2) is 78.0 Å². The molecule has 1 aromatic rings. The molecule has 0 aromatic heterocycles. The van der Waals surface area contributed by atoms with Crippen molar-refractivity contribution in [2.75, 3.05) is 34.2 Å². The first-order valence-electron chi connectivity index (χ1n) is 13.2. The molecule has 0 unspecified atom stereocenters. The maximum Gasteiger partial charge on any atom is 0.342 e. The van der Waals surface area contributed by atoms with Crippen molar-refractivity contribution in [1.29, 1.82) is 0 Å². The molecule has 0 spiro atoms. The maximum absolute atomic E-state index is 13.3. The van der Waals surface area contributed by atoms with Gasteiger partial charge in [0.05, 0.1) is 19.1 Å². The van der Waals surface area contributed by atoms with Crippen molar-refractivity contribution in [3.8, 4) is 11.5 Å². The van der Waals surface area contributed by atoms with Gasteiger partial charge >= 0.3 is 11.9 Å². The summed E-state index contributed by atoms with van der Waals surface area (Å²) >= 11 is 0. The van der Waals surface area contributed by atoms with Crippen molar-refractivity contribution >= 4 is 31.9 Å². The molecule has 2 atom stereocenters. The van der Waals surface area contributed by atoms with Gasteiger partial charge in [-0.25, -0.2) is 4.79 Å². The topological polar surface area (TPSA) is 116 Å². The fraction of sp³-hybridized carbons (Fsp3) is 0.621. The SMILES string of the molecule is COCOc1cc(OC)cc(C=CC(=O)[C@@H]2OC(C)(C)O[C@@H]2COC(=O)C(C)(C)C)c1C(=O)OCC[Si](C)(C)C. The van der Waals surface area contributed by atoms with Gasteiger partial charge in [0.1, 0.15) is 29.8 Å². The second-order valence-electron chi connectivity index (χ2n) is 12.3. The first kappa shape index (κ1) is 33.5. The fourth-order valence-electron chi connectivity index (χ4n) is 3.68. The molecule has 2 rings (SSSR count). The zero-order chi connectivity index (χ0) is 30.3. The van der Waals surface area contributed by atoms with Gasteiger partial charge in [-0.15, -0.1) is 0 Å². The van der Waals surface area contributed by atoms with Crippen molar-refractivity contribution in [3.05, 3.63) is 29.3 Å². The number of ether oxygens (including phenoxy) is 7. The summed E-state index contributed by atoms with van der Waals surface area (Å²) in [7, 11) is 1.51. The number of ketones is 1. The molecule has 0 N–H and O–H groups in total. The molecule has 0 aliphatic carbocycles. The zero-order valence-corrected chi connectivity index (χ0v) is 26.4. The van der Waals surface area contributed by atoms with E-state index in [2.05, 4.69) is 19.6 Å². The minimum atomic E-state index is -1.44. The van der Waals surface area contributed by atoms with Gasteiger partial charge in [-0.05, 0) is 58.4 Å². The molecule has 224 valence electrons. The van der Waals surface area contributed by atoms with Crippen molar-refractivity contribution in [2.24, 2.45) is 5.41 Å². The monoisotopic (exact) mass is 580 g/mol. The molecule has 0 saturated carbocycles. The Labute approximate surface area is 238 Å². The Bertz CT molecular complexity index is 1080. The summed E-state index contributed by atoms with van der Waals surface area (Å²) in [4.78, 5) is 38.8. The molecule has 1 heterocycles. The minimum Gasteiger partial charge on any atom is -0.497 e. The summed E-state index contributed by atoms with van der Waals surface area (Å²) in [5, 5.41) is 0. The third kappa shape index (κ3) is 10.0. The lowest BCUT2D eigenvalue weighted by Gasteiger charge is -2.20. The Kier molecular flexibility index (Phi) is 11.5. The van der Waals surface area contributed by atoms with Crippen molar-refractivity contribution < 1.29 is 47.5 Å². The zero-order valence-electron chi connectivity index (χ0n) is 25.4. The number of carbonyl (C=O) groups excluding carboxylic acids is 3. The lowest BCUT2D eigenvalue weighted by atomic mass is 9.97. The first-order chi connectivity index (χ1) is 18.5. The van der Waals surface area contributed by atoms with E-state index in [4.69, 9.17) is 33.2 Å². The molecule has 0 bridgehead atoms. The quantitative estimate of drug-likeness (QED) is 0.139. The van der Waals surface area contributed by atoms with Crippen LogP contribution in [0.3, 0.4) is 0 Å². The average Bonchev–Trinajstić information content (AvgIpc) is 3.16. The molecule has 1 aromatic carbocycles. The highest BCUT2D eigenvalue weighted by Crippen LogP contribution is 2.33. The number of rotatable bonds is 13. The summed E-state index contributed by atoms with van der Waals surface area (Å²) in [6, 6.07) is 3.96. The Morgan fingerprint density at radius 2 is 1.73 bits per heavy atom. The number of hydrogen-bond acceptors (Lipinski definition) is 10. The van der Waals surface area contributed by atoms with Gasteiger partial charge in [0, 0.05) is 21.3 Å².